The fraction of sp³-hybridized carbons (Fsp3) is 0.417. The Morgan fingerprint density at radius 1 is 1.28 bits per heavy atom. The molecular formula is C12H17IN2O2S. The number of hydrogen-bond donors (Lipinski definition) is 1. The molecular weight excluding hydrogens is 363 g/mol. The van der Waals surface area contributed by atoms with Crippen LogP contribution in [0.25, 0.3) is 0 Å². The fourth-order valence-corrected chi connectivity index (χ4v) is 2.82. The third kappa shape index (κ3) is 2.21. The molecule has 0 aliphatic carbocycles. The van der Waals surface area contributed by atoms with E-state index in [9.17, 15) is 8.42 Å². The van der Waals surface area contributed by atoms with Gasteiger partial charge >= 0.3 is 0 Å². The summed E-state index contributed by atoms with van der Waals surface area (Å²) in [4.78, 5) is 0.174. The first kappa shape index (κ1) is 15.6. The lowest BCUT2D eigenvalue weighted by molar-refractivity contribution is -0.403. The van der Waals surface area contributed by atoms with E-state index in [4.69, 9.17) is 5.14 Å². The first-order valence-corrected chi connectivity index (χ1v) is 6.95. The SMILES string of the molecule is CC1=[N+](C)c2ccc(S(N)(=O)=O)cc2C1(C)C.[I-]. The highest BCUT2D eigenvalue weighted by atomic mass is 127. The van der Waals surface area contributed by atoms with Crippen LogP contribution in [0, 0.1) is 0 Å². The van der Waals surface area contributed by atoms with Gasteiger partial charge in [-0.05, 0) is 26.0 Å². The van der Waals surface area contributed by atoms with Crippen LogP contribution in [0.3, 0.4) is 0 Å². The van der Waals surface area contributed by atoms with E-state index in [1.165, 1.54) is 5.71 Å². The molecule has 18 heavy (non-hydrogen) atoms. The number of nitrogens with two attached hydrogens (primary N) is 1. The fourth-order valence-electron chi connectivity index (χ4n) is 2.28. The van der Waals surface area contributed by atoms with Crippen molar-refractivity contribution in [1.29, 1.82) is 0 Å². The second-order valence-corrected chi connectivity index (χ2v) is 6.55. The van der Waals surface area contributed by atoms with Gasteiger partial charge in [-0.3, -0.25) is 0 Å². The van der Waals surface area contributed by atoms with Gasteiger partial charge in [-0.2, -0.15) is 0 Å². The minimum Gasteiger partial charge on any atom is -1.00 e. The topological polar surface area (TPSA) is 63.2 Å². The van der Waals surface area contributed by atoms with Crippen LogP contribution in [0.2, 0.25) is 0 Å². The summed E-state index contributed by atoms with van der Waals surface area (Å²) in [6.07, 6.45) is 0. The molecule has 0 radical (unpaired) electrons. The third-order valence-electron chi connectivity index (χ3n) is 3.74. The van der Waals surface area contributed by atoms with E-state index in [-0.39, 0.29) is 34.3 Å². The summed E-state index contributed by atoms with van der Waals surface area (Å²) >= 11 is 0. The number of nitrogens with zero attached hydrogens (tertiary/aromatic N) is 1. The lowest BCUT2D eigenvalue weighted by Gasteiger charge is -2.15. The summed E-state index contributed by atoms with van der Waals surface area (Å²) in [6, 6.07) is 5.05. The number of primary sulfonamides is 1. The van der Waals surface area contributed by atoms with Crippen LogP contribution in [0.4, 0.5) is 5.69 Å². The smallest absolute Gasteiger partial charge is 0.238 e. The maximum absolute atomic E-state index is 11.4. The van der Waals surface area contributed by atoms with Gasteiger partial charge in [0.1, 0.15) is 7.05 Å². The number of halogens is 1. The van der Waals surface area contributed by atoms with Crippen LogP contribution in [-0.4, -0.2) is 25.8 Å². The predicted molar refractivity (Wildman–Crippen MR) is 67.4 cm³/mol. The van der Waals surface area contributed by atoms with E-state index in [1.54, 1.807) is 12.1 Å². The quantitative estimate of drug-likeness (QED) is 0.470. The Kier molecular flexibility index (Phi) is 3.96. The van der Waals surface area contributed by atoms with Crippen molar-refractivity contribution in [3.63, 3.8) is 0 Å². The van der Waals surface area contributed by atoms with Gasteiger partial charge in [-0.25, -0.2) is 18.1 Å². The molecule has 0 saturated heterocycles. The molecule has 0 atom stereocenters. The van der Waals surface area contributed by atoms with Gasteiger partial charge in [0, 0.05) is 18.6 Å². The number of benzene rings is 1. The molecule has 0 spiro atoms. The average Bonchev–Trinajstić information content (AvgIpc) is 2.39. The molecule has 1 aromatic carbocycles. The van der Waals surface area contributed by atoms with Gasteiger partial charge in [-0.1, -0.05) is 0 Å². The minimum atomic E-state index is -3.64. The van der Waals surface area contributed by atoms with Crippen LogP contribution < -0.4 is 29.1 Å². The van der Waals surface area contributed by atoms with Crippen LogP contribution in [0.1, 0.15) is 26.3 Å². The molecule has 1 heterocycles. The molecule has 4 nitrogen and oxygen atoms in total. The maximum Gasteiger partial charge on any atom is 0.238 e. The Bertz CT molecular complexity index is 633. The van der Waals surface area contributed by atoms with Crippen molar-refractivity contribution in [2.75, 3.05) is 7.05 Å². The standard InChI is InChI=1S/C12H17N2O2S.HI/c1-8-12(2,3)10-7-9(17(13,15)16)5-6-11(10)14(8)4;/h5-7H,1-4H3,(H2,13,15,16);1H/q+1;/p-1. The predicted octanol–water partition coefficient (Wildman–Crippen LogP) is -1.64. The highest BCUT2D eigenvalue weighted by Gasteiger charge is 2.41. The Balaban J connectivity index is 0.00000162. The summed E-state index contributed by atoms with van der Waals surface area (Å²) in [5.41, 5.74) is 3.08. The number of fused-ring (bicyclic) bond motifs is 1. The highest BCUT2D eigenvalue weighted by molar-refractivity contribution is 7.89. The highest BCUT2D eigenvalue weighted by Crippen LogP contribution is 2.39. The van der Waals surface area contributed by atoms with Gasteiger partial charge < -0.3 is 24.0 Å². The zero-order valence-electron chi connectivity index (χ0n) is 10.9. The summed E-state index contributed by atoms with van der Waals surface area (Å²) < 4.78 is 24.8. The van der Waals surface area contributed by atoms with Crippen molar-refractivity contribution >= 4 is 21.4 Å². The summed E-state index contributed by atoms with van der Waals surface area (Å²) in [5, 5.41) is 5.16. The summed E-state index contributed by atoms with van der Waals surface area (Å²) in [6.45, 7) is 6.21. The Morgan fingerprint density at radius 3 is 2.33 bits per heavy atom. The molecule has 2 N–H and O–H groups in total. The Morgan fingerprint density at radius 2 is 1.83 bits per heavy atom. The third-order valence-corrected chi connectivity index (χ3v) is 4.65. The molecule has 0 amide bonds. The van der Waals surface area contributed by atoms with Gasteiger partial charge in [-0.15, -0.1) is 0 Å². The van der Waals surface area contributed by atoms with Crippen molar-refractivity contribution in [3.8, 4) is 0 Å². The van der Waals surface area contributed by atoms with Crippen LogP contribution in [0.15, 0.2) is 23.1 Å². The monoisotopic (exact) mass is 380 g/mol. The van der Waals surface area contributed by atoms with Crippen LogP contribution in [-0.2, 0) is 15.4 Å². The van der Waals surface area contributed by atoms with E-state index in [2.05, 4.69) is 25.3 Å². The molecule has 1 aromatic rings. The second-order valence-electron chi connectivity index (χ2n) is 4.99. The molecule has 6 heteroatoms. The first-order chi connectivity index (χ1) is 7.65. The summed E-state index contributed by atoms with van der Waals surface area (Å²) in [7, 11) is -1.65. The molecule has 1 aliphatic rings. The molecule has 0 fully saturated rings. The van der Waals surface area contributed by atoms with Crippen LogP contribution in [0.5, 0.6) is 0 Å². The molecule has 0 aromatic heterocycles. The molecule has 0 unspecified atom stereocenters. The number of rotatable bonds is 1. The largest absolute Gasteiger partial charge is 1.00 e. The average molecular weight is 380 g/mol. The molecule has 0 saturated carbocycles. The number of hydrogen-bond acceptors (Lipinski definition) is 2. The zero-order chi connectivity index (χ0) is 13.0. The summed E-state index contributed by atoms with van der Waals surface area (Å²) in [5.74, 6) is 0. The number of sulfonamides is 1. The normalized spacial score (nSPS) is 17.4. The van der Waals surface area contributed by atoms with Crippen molar-refractivity contribution < 1.29 is 37.0 Å². The van der Waals surface area contributed by atoms with Crippen molar-refractivity contribution in [1.82, 2.24) is 0 Å². The van der Waals surface area contributed by atoms with Gasteiger partial charge in [0.25, 0.3) is 0 Å². The molecule has 2 rings (SSSR count). The van der Waals surface area contributed by atoms with E-state index in [0.29, 0.717) is 0 Å². The second kappa shape index (κ2) is 4.57. The van der Waals surface area contributed by atoms with E-state index in [0.717, 1.165) is 11.3 Å². The first-order valence-electron chi connectivity index (χ1n) is 5.41. The maximum atomic E-state index is 11.4. The van der Waals surface area contributed by atoms with E-state index in [1.807, 2.05) is 13.1 Å². The molecule has 0 bridgehead atoms. The zero-order valence-corrected chi connectivity index (χ0v) is 13.8. The Hall–Kier alpha value is -0.470. The van der Waals surface area contributed by atoms with Gasteiger partial charge in [0.2, 0.25) is 15.7 Å². The minimum absolute atomic E-state index is 0. The van der Waals surface area contributed by atoms with Gasteiger partial charge in [0.15, 0.2) is 5.71 Å². The van der Waals surface area contributed by atoms with Crippen molar-refractivity contribution in [2.45, 2.75) is 31.1 Å². The van der Waals surface area contributed by atoms with E-state index >= 15 is 0 Å². The Labute approximate surface area is 125 Å². The molecule has 100 valence electrons. The molecule has 1 aliphatic heterocycles. The lowest BCUT2D eigenvalue weighted by atomic mass is 9.82. The van der Waals surface area contributed by atoms with Gasteiger partial charge in [0.05, 0.1) is 10.3 Å². The van der Waals surface area contributed by atoms with Crippen molar-refractivity contribution in [2.24, 2.45) is 5.14 Å². The van der Waals surface area contributed by atoms with Crippen LogP contribution >= 0.6 is 0 Å². The van der Waals surface area contributed by atoms with E-state index < -0.39 is 10.0 Å². The van der Waals surface area contributed by atoms with Crippen molar-refractivity contribution in [3.05, 3.63) is 23.8 Å². The lowest BCUT2D eigenvalue weighted by Crippen LogP contribution is -3.00.